The minimum absolute atomic E-state index is 0.0261. The van der Waals surface area contributed by atoms with Crippen molar-refractivity contribution in [1.82, 2.24) is 10.2 Å². The Kier molecular flexibility index (Phi) is 9.31. The Hall–Kier alpha value is -2.93. The van der Waals surface area contributed by atoms with Crippen molar-refractivity contribution in [2.75, 3.05) is 6.54 Å². The van der Waals surface area contributed by atoms with Gasteiger partial charge in [0, 0.05) is 24.1 Å². The van der Waals surface area contributed by atoms with Gasteiger partial charge in [0.15, 0.2) is 0 Å². The fourth-order valence-corrected chi connectivity index (χ4v) is 6.46. The molecule has 2 N–H and O–H groups in total. The number of thiocarbonyl (C=S) groups is 1. The molecule has 0 spiro atoms. The van der Waals surface area contributed by atoms with Crippen molar-refractivity contribution >= 4 is 29.3 Å². The quantitative estimate of drug-likeness (QED) is 0.147. The van der Waals surface area contributed by atoms with Crippen molar-refractivity contribution in [3.8, 4) is 5.75 Å². The van der Waals surface area contributed by atoms with Gasteiger partial charge in [-0.05, 0) is 87.7 Å². The molecule has 4 atom stereocenters. The SMILES string of the molecule is C=C(C)[C@@H]1CCC(C)=C[C@H]1c1ccc(CCCCC)cc1OC(=S)NCC1=C(C(=O)O)N2C(=O)C(C)[C@H]2CC1. The summed E-state index contributed by atoms with van der Waals surface area (Å²) in [6.07, 6.45) is 10.3. The molecule has 1 amide bonds. The lowest BCUT2D eigenvalue weighted by Gasteiger charge is -2.49. The number of hydrogen-bond donors (Lipinski definition) is 2. The number of unbranched alkanes of at least 4 members (excludes halogenated alkanes) is 2. The number of allylic oxidation sites excluding steroid dienone is 3. The first-order chi connectivity index (χ1) is 18.6. The molecule has 2 aliphatic heterocycles. The predicted molar refractivity (Wildman–Crippen MR) is 159 cm³/mol. The Labute approximate surface area is 238 Å². The van der Waals surface area contributed by atoms with Crippen LogP contribution >= 0.6 is 12.2 Å². The minimum atomic E-state index is -1.07. The van der Waals surface area contributed by atoms with Crippen LogP contribution in [0.5, 0.6) is 5.75 Å². The predicted octanol–water partition coefficient (Wildman–Crippen LogP) is 6.67. The fraction of sp³-hybridized carbons (Fsp3) is 0.531. The van der Waals surface area contributed by atoms with Crippen LogP contribution in [-0.2, 0) is 16.0 Å². The Bertz CT molecular complexity index is 1220. The van der Waals surface area contributed by atoms with Gasteiger partial charge in [0.2, 0.25) is 5.91 Å². The minimum Gasteiger partial charge on any atom is -0.477 e. The average molecular weight is 551 g/mol. The number of carbonyl (C=O) groups is 2. The second-order valence-electron chi connectivity index (χ2n) is 11.5. The lowest BCUT2D eigenvalue weighted by Crippen LogP contribution is -2.62. The van der Waals surface area contributed by atoms with Crippen molar-refractivity contribution in [2.24, 2.45) is 11.8 Å². The van der Waals surface area contributed by atoms with Crippen molar-refractivity contribution in [2.45, 2.75) is 91.0 Å². The molecule has 2 heterocycles. The molecular weight excluding hydrogens is 508 g/mol. The van der Waals surface area contributed by atoms with Gasteiger partial charge in [0.1, 0.15) is 11.4 Å². The summed E-state index contributed by atoms with van der Waals surface area (Å²) in [4.78, 5) is 25.9. The standard InChI is InChI=1S/C32H42N2O4S/c1-6-7-8-9-22-11-14-25(26-16-20(4)10-13-24(26)19(2)3)28(17-22)38-32(39)33-18-23-12-15-27-21(5)30(35)34(27)29(23)31(36)37/h11,14,16-17,21,24,26-27H,2,6-10,12-13,15,18H2,1,3-5H3,(H,33,39)(H,36,37)/t21?,24-,26+,27+/m0/s1. The van der Waals surface area contributed by atoms with E-state index >= 15 is 0 Å². The maximum Gasteiger partial charge on any atom is 0.352 e. The number of aryl methyl sites for hydroxylation is 1. The van der Waals surface area contributed by atoms with Crippen molar-refractivity contribution in [3.05, 3.63) is 64.4 Å². The van der Waals surface area contributed by atoms with Crippen molar-refractivity contribution < 1.29 is 19.4 Å². The fourth-order valence-electron chi connectivity index (χ4n) is 6.30. The van der Waals surface area contributed by atoms with Crippen LogP contribution in [0.3, 0.4) is 0 Å². The van der Waals surface area contributed by atoms with Crippen LogP contribution in [0.2, 0.25) is 0 Å². The van der Waals surface area contributed by atoms with E-state index in [9.17, 15) is 14.7 Å². The molecule has 0 radical (unpaired) electrons. The molecule has 1 aliphatic carbocycles. The number of aliphatic carboxylic acids is 1. The van der Waals surface area contributed by atoms with Crippen LogP contribution in [0, 0.1) is 11.8 Å². The van der Waals surface area contributed by atoms with Gasteiger partial charge in [0.25, 0.3) is 5.17 Å². The van der Waals surface area contributed by atoms with Crippen LogP contribution in [0.4, 0.5) is 0 Å². The van der Waals surface area contributed by atoms with Gasteiger partial charge in [0.05, 0.1) is 5.92 Å². The molecule has 6 nitrogen and oxygen atoms in total. The maximum atomic E-state index is 12.4. The number of carboxylic acid groups (broad SMARTS) is 1. The topological polar surface area (TPSA) is 78.9 Å². The average Bonchev–Trinajstić information content (AvgIpc) is 2.90. The van der Waals surface area contributed by atoms with Gasteiger partial charge in [-0.3, -0.25) is 4.79 Å². The smallest absolute Gasteiger partial charge is 0.352 e. The van der Waals surface area contributed by atoms with E-state index in [1.165, 1.54) is 34.5 Å². The molecule has 1 unspecified atom stereocenters. The van der Waals surface area contributed by atoms with Gasteiger partial charge in [-0.2, -0.15) is 0 Å². The number of fused-ring (bicyclic) bond motifs is 1. The third-order valence-corrected chi connectivity index (χ3v) is 8.82. The number of β-lactam (4-membered cyclic amide) rings is 1. The molecule has 39 heavy (non-hydrogen) atoms. The number of carbonyl (C=O) groups excluding carboxylic acids is 1. The zero-order chi connectivity index (χ0) is 28.3. The third-order valence-electron chi connectivity index (χ3n) is 8.59. The van der Waals surface area contributed by atoms with Crippen LogP contribution in [0.25, 0.3) is 0 Å². The Morgan fingerprint density at radius 1 is 1.26 bits per heavy atom. The van der Waals surface area contributed by atoms with E-state index in [-0.39, 0.29) is 41.2 Å². The highest BCUT2D eigenvalue weighted by Gasteiger charge is 2.50. The molecule has 1 fully saturated rings. The summed E-state index contributed by atoms with van der Waals surface area (Å²) in [5, 5.41) is 13.2. The van der Waals surface area contributed by atoms with E-state index in [1.807, 2.05) is 6.92 Å². The summed E-state index contributed by atoms with van der Waals surface area (Å²) in [7, 11) is 0. The van der Waals surface area contributed by atoms with Crippen LogP contribution < -0.4 is 10.1 Å². The first-order valence-electron chi connectivity index (χ1n) is 14.3. The monoisotopic (exact) mass is 550 g/mol. The van der Waals surface area contributed by atoms with Gasteiger partial charge < -0.3 is 20.1 Å². The Morgan fingerprint density at radius 3 is 2.72 bits per heavy atom. The molecular formula is C32H42N2O4S. The number of carboxylic acids is 1. The lowest BCUT2D eigenvalue weighted by molar-refractivity contribution is -0.157. The summed E-state index contributed by atoms with van der Waals surface area (Å²) in [6.45, 7) is 12.9. The second kappa shape index (κ2) is 12.5. The molecule has 1 aromatic rings. The van der Waals surface area contributed by atoms with E-state index in [0.29, 0.717) is 17.9 Å². The molecule has 0 bridgehead atoms. The number of nitrogens with one attached hydrogen (secondary N) is 1. The normalized spacial score (nSPS) is 24.5. The Balaban J connectivity index is 1.56. The van der Waals surface area contributed by atoms with Gasteiger partial charge in [-0.1, -0.05) is 62.6 Å². The largest absolute Gasteiger partial charge is 0.477 e. The highest BCUT2D eigenvalue weighted by Crippen LogP contribution is 2.43. The number of nitrogens with zero attached hydrogens (tertiary/aromatic N) is 1. The molecule has 210 valence electrons. The summed E-state index contributed by atoms with van der Waals surface area (Å²) in [5.74, 6) is -0.0848. The van der Waals surface area contributed by atoms with Gasteiger partial charge in [-0.15, -0.1) is 0 Å². The van der Waals surface area contributed by atoms with Crippen LogP contribution in [-0.4, -0.2) is 39.6 Å². The highest BCUT2D eigenvalue weighted by atomic mass is 32.1. The highest BCUT2D eigenvalue weighted by molar-refractivity contribution is 7.80. The van der Waals surface area contributed by atoms with E-state index in [0.717, 1.165) is 43.4 Å². The summed E-state index contributed by atoms with van der Waals surface area (Å²) < 4.78 is 6.31. The number of amides is 1. The molecule has 0 aromatic heterocycles. The number of hydrogen-bond acceptors (Lipinski definition) is 4. The van der Waals surface area contributed by atoms with E-state index < -0.39 is 5.97 Å². The van der Waals surface area contributed by atoms with Crippen molar-refractivity contribution in [1.29, 1.82) is 0 Å². The van der Waals surface area contributed by atoms with Gasteiger partial charge in [-0.25, -0.2) is 4.79 Å². The second-order valence-corrected chi connectivity index (χ2v) is 11.8. The van der Waals surface area contributed by atoms with E-state index in [4.69, 9.17) is 17.0 Å². The summed E-state index contributed by atoms with van der Waals surface area (Å²) in [6, 6.07) is 6.47. The number of benzene rings is 1. The van der Waals surface area contributed by atoms with Crippen LogP contribution in [0.1, 0.15) is 89.7 Å². The zero-order valence-corrected chi connectivity index (χ0v) is 24.5. The number of ether oxygens (including phenoxy) is 1. The summed E-state index contributed by atoms with van der Waals surface area (Å²) in [5.41, 5.74) is 5.61. The lowest BCUT2D eigenvalue weighted by atomic mass is 9.74. The Morgan fingerprint density at radius 2 is 2.03 bits per heavy atom. The van der Waals surface area contributed by atoms with Crippen molar-refractivity contribution in [3.63, 3.8) is 0 Å². The molecule has 0 saturated carbocycles. The number of rotatable bonds is 10. The van der Waals surface area contributed by atoms with E-state index in [1.54, 1.807) is 0 Å². The molecule has 4 rings (SSSR count). The maximum absolute atomic E-state index is 12.4. The molecule has 1 saturated heterocycles. The molecule has 3 aliphatic rings. The van der Waals surface area contributed by atoms with E-state index in [2.05, 4.69) is 56.9 Å². The molecule has 7 heteroatoms. The first-order valence-corrected chi connectivity index (χ1v) is 14.7. The summed E-state index contributed by atoms with van der Waals surface area (Å²) >= 11 is 5.62. The van der Waals surface area contributed by atoms with Crippen LogP contribution in [0.15, 0.2) is 53.3 Å². The molecule has 1 aromatic carbocycles. The zero-order valence-electron chi connectivity index (χ0n) is 23.7. The third kappa shape index (κ3) is 6.29. The van der Waals surface area contributed by atoms with Gasteiger partial charge >= 0.3 is 5.97 Å². The first kappa shape index (κ1) is 29.1.